The molecule has 2 aromatic rings. The Labute approximate surface area is 154 Å². The Kier molecular flexibility index (Phi) is 5.07. The number of piperidine rings is 1. The van der Waals surface area contributed by atoms with Crippen molar-refractivity contribution in [3.63, 3.8) is 0 Å². The lowest BCUT2D eigenvalue weighted by atomic mass is 9.96. The number of benzene rings is 1. The van der Waals surface area contributed by atoms with E-state index in [4.69, 9.17) is 4.74 Å². The Bertz CT molecular complexity index is 750. The summed E-state index contributed by atoms with van der Waals surface area (Å²) >= 11 is 1.48. The SMILES string of the molecule is FC(F)(F)c1ccc2sc(N3CCC(CN4CCOCC4)CC3)nc2c1. The molecule has 3 heterocycles. The van der Waals surface area contributed by atoms with Gasteiger partial charge in [-0.05, 0) is 37.0 Å². The third kappa shape index (κ3) is 3.97. The first-order valence-electron chi connectivity index (χ1n) is 9.02. The molecular formula is C18H22F3N3OS. The molecule has 0 spiro atoms. The lowest BCUT2D eigenvalue weighted by Crippen LogP contribution is -2.42. The number of hydrogen-bond acceptors (Lipinski definition) is 5. The minimum absolute atomic E-state index is 0.440. The van der Waals surface area contributed by atoms with Crippen molar-refractivity contribution >= 4 is 26.7 Å². The molecule has 0 N–H and O–H groups in total. The minimum Gasteiger partial charge on any atom is -0.379 e. The third-order valence-electron chi connectivity index (χ3n) is 5.21. The fourth-order valence-corrected chi connectivity index (χ4v) is 4.68. The Hall–Kier alpha value is -1.38. The summed E-state index contributed by atoms with van der Waals surface area (Å²) in [5.41, 5.74) is -0.193. The Balaban J connectivity index is 1.39. The number of ether oxygens (including phenoxy) is 1. The highest BCUT2D eigenvalue weighted by molar-refractivity contribution is 7.22. The zero-order valence-electron chi connectivity index (χ0n) is 14.5. The predicted octanol–water partition coefficient (Wildman–Crippen LogP) is 3.86. The second-order valence-corrected chi connectivity index (χ2v) is 8.03. The van der Waals surface area contributed by atoms with E-state index in [1.165, 1.54) is 17.4 Å². The van der Waals surface area contributed by atoms with Gasteiger partial charge in [-0.2, -0.15) is 13.2 Å². The molecule has 2 aliphatic rings. The second kappa shape index (κ2) is 7.32. The molecule has 0 bridgehead atoms. The van der Waals surface area contributed by atoms with Gasteiger partial charge in [0.15, 0.2) is 5.13 Å². The molecule has 26 heavy (non-hydrogen) atoms. The lowest BCUT2D eigenvalue weighted by Gasteiger charge is -2.35. The van der Waals surface area contributed by atoms with Gasteiger partial charge in [-0.15, -0.1) is 0 Å². The molecule has 1 aromatic heterocycles. The van der Waals surface area contributed by atoms with Gasteiger partial charge >= 0.3 is 6.18 Å². The Morgan fingerprint density at radius 1 is 1.12 bits per heavy atom. The molecule has 2 saturated heterocycles. The number of morpholine rings is 1. The van der Waals surface area contributed by atoms with Crippen LogP contribution in [0.15, 0.2) is 18.2 Å². The van der Waals surface area contributed by atoms with Crippen molar-refractivity contribution < 1.29 is 17.9 Å². The molecule has 0 saturated carbocycles. The van der Waals surface area contributed by atoms with Crippen LogP contribution >= 0.6 is 11.3 Å². The van der Waals surface area contributed by atoms with E-state index in [1.54, 1.807) is 0 Å². The van der Waals surface area contributed by atoms with Crippen molar-refractivity contribution in [3.8, 4) is 0 Å². The smallest absolute Gasteiger partial charge is 0.379 e. The summed E-state index contributed by atoms with van der Waals surface area (Å²) in [6.45, 7) is 6.63. The van der Waals surface area contributed by atoms with Gasteiger partial charge in [-0.1, -0.05) is 11.3 Å². The van der Waals surface area contributed by atoms with Crippen LogP contribution in [0, 0.1) is 5.92 Å². The highest BCUT2D eigenvalue weighted by Crippen LogP contribution is 2.36. The largest absolute Gasteiger partial charge is 0.416 e. The average Bonchev–Trinajstić information content (AvgIpc) is 3.06. The van der Waals surface area contributed by atoms with E-state index in [2.05, 4.69) is 14.8 Å². The molecule has 0 radical (unpaired) electrons. The standard InChI is InChI=1S/C18H22F3N3OS/c19-18(20,21)14-1-2-16-15(11-14)22-17(26-16)24-5-3-13(4-6-24)12-23-7-9-25-10-8-23/h1-2,11,13H,3-10,12H2. The van der Waals surface area contributed by atoms with E-state index < -0.39 is 11.7 Å². The topological polar surface area (TPSA) is 28.6 Å². The van der Waals surface area contributed by atoms with Gasteiger partial charge < -0.3 is 9.64 Å². The number of halogens is 3. The van der Waals surface area contributed by atoms with Crippen molar-refractivity contribution in [3.05, 3.63) is 23.8 Å². The van der Waals surface area contributed by atoms with Crippen molar-refractivity contribution in [1.29, 1.82) is 0 Å². The number of hydrogen-bond donors (Lipinski definition) is 0. The number of anilines is 1. The summed E-state index contributed by atoms with van der Waals surface area (Å²) in [7, 11) is 0. The van der Waals surface area contributed by atoms with Crippen LogP contribution in [0.1, 0.15) is 18.4 Å². The molecule has 142 valence electrons. The maximum atomic E-state index is 12.9. The van der Waals surface area contributed by atoms with Crippen molar-refractivity contribution in [2.45, 2.75) is 19.0 Å². The van der Waals surface area contributed by atoms with Crippen molar-refractivity contribution in [2.75, 3.05) is 50.8 Å². The van der Waals surface area contributed by atoms with Crippen LogP contribution in [0.25, 0.3) is 10.2 Å². The molecule has 4 nitrogen and oxygen atoms in total. The second-order valence-electron chi connectivity index (χ2n) is 7.02. The molecule has 0 unspecified atom stereocenters. The van der Waals surface area contributed by atoms with Crippen molar-refractivity contribution in [1.82, 2.24) is 9.88 Å². The highest BCUT2D eigenvalue weighted by atomic mass is 32.1. The predicted molar refractivity (Wildman–Crippen MR) is 96.8 cm³/mol. The number of thiazole rings is 1. The van der Waals surface area contributed by atoms with E-state index >= 15 is 0 Å². The lowest BCUT2D eigenvalue weighted by molar-refractivity contribution is -0.137. The number of nitrogens with zero attached hydrogens (tertiary/aromatic N) is 3. The minimum atomic E-state index is -4.32. The summed E-state index contributed by atoms with van der Waals surface area (Å²) in [4.78, 5) is 9.16. The molecule has 4 rings (SSSR count). The summed E-state index contributed by atoms with van der Waals surface area (Å²) in [6, 6.07) is 3.82. The Morgan fingerprint density at radius 3 is 2.54 bits per heavy atom. The summed E-state index contributed by atoms with van der Waals surface area (Å²) in [6.07, 6.45) is -2.13. The van der Waals surface area contributed by atoms with E-state index in [0.29, 0.717) is 11.4 Å². The molecule has 0 atom stereocenters. The average molecular weight is 385 g/mol. The van der Waals surface area contributed by atoms with Gasteiger partial charge in [0.25, 0.3) is 0 Å². The molecule has 1 aromatic carbocycles. The van der Waals surface area contributed by atoms with Gasteiger partial charge in [0.1, 0.15) is 0 Å². The normalized spacial score (nSPS) is 20.8. The Morgan fingerprint density at radius 2 is 1.85 bits per heavy atom. The molecule has 8 heteroatoms. The fourth-order valence-electron chi connectivity index (χ4n) is 3.68. The zero-order valence-corrected chi connectivity index (χ0v) is 15.3. The van der Waals surface area contributed by atoms with Crippen LogP contribution in [-0.4, -0.2) is 55.8 Å². The molecular weight excluding hydrogens is 363 g/mol. The summed E-state index contributed by atoms with van der Waals surface area (Å²) in [5, 5.41) is 0.837. The maximum absolute atomic E-state index is 12.9. The summed E-state index contributed by atoms with van der Waals surface area (Å²) < 4.78 is 44.8. The molecule has 2 aliphatic heterocycles. The van der Waals surface area contributed by atoms with Gasteiger partial charge in [-0.3, -0.25) is 4.90 Å². The van der Waals surface area contributed by atoms with Crippen LogP contribution in [0.5, 0.6) is 0 Å². The van der Waals surface area contributed by atoms with Gasteiger partial charge in [0.2, 0.25) is 0 Å². The van der Waals surface area contributed by atoms with Crippen LogP contribution < -0.4 is 4.90 Å². The fraction of sp³-hybridized carbons (Fsp3) is 0.611. The van der Waals surface area contributed by atoms with Gasteiger partial charge in [0.05, 0.1) is 29.0 Å². The molecule has 2 fully saturated rings. The van der Waals surface area contributed by atoms with Crippen LogP contribution in [0.2, 0.25) is 0 Å². The molecule has 0 amide bonds. The monoisotopic (exact) mass is 385 g/mol. The van der Waals surface area contributed by atoms with E-state index in [9.17, 15) is 13.2 Å². The first-order valence-corrected chi connectivity index (χ1v) is 9.83. The van der Waals surface area contributed by atoms with Gasteiger partial charge in [-0.25, -0.2) is 4.98 Å². The quantitative estimate of drug-likeness (QED) is 0.802. The first kappa shape index (κ1) is 18.0. The third-order valence-corrected chi connectivity index (χ3v) is 6.31. The maximum Gasteiger partial charge on any atom is 0.416 e. The van der Waals surface area contributed by atoms with Crippen LogP contribution in [0.3, 0.4) is 0 Å². The zero-order chi connectivity index (χ0) is 18.1. The van der Waals surface area contributed by atoms with Crippen LogP contribution in [0.4, 0.5) is 18.3 Å². The number of rotatable bonds is 3. The number of fused-ring (bicyclic) bond motifs is 1. The van der Waals surface area contributed by atoms with E-state index in [1.807, 2.05) is 0 Å². The van der Waals surface area contributed by atoms with E-state index in [-0.39, 0.29) is 0 Å². The summed E-state index contributed by atoms with van der Waals surface area (Å²) in [5.74, 6) is 0.676. The van der Waals surface area contributed by atoms with E-state index in [0.717, 1.165) is 80.7 Å². The molecule has 0 aliphatic carbocycles. The van der Waals surface area contributed by atoms with Crippen molar-refractivity contribution in [2.24, 2.45) is 5.92 Å². The van der Waals surface area contributed by atoms with Crippen LogP contribution in [-0.2, 0) is 10.9 Å². The highest BCUT2D eigenvalue weighted by Gasteiger charge is 2.31. The number of alkyl halides is 3. The van der Waals surface area contributed by atoms with Gasteiger partial charge in [0, 0.05) is 32.7 Å². The number of aromatic nitrogens is 1. The first-order chi connectivity index (χ1) is 12.5.